The molecular weight excluding hydrogens is 214 g/mol. The highest BCUT2D eigenvalue weighted by atomic mass is 32.1. The van der Waals surface area contributed by atoms with E-state index in [1.165, 1.54) is 6.07 Å². The van der Waals surface area contributed by atoms with Crippen LogP contribution in [0, 0.1) is 4.77 Å². The summed E-state index contributed by atoms with van der Waals surface area (Å²) in [5, 5.41) is 0. The quantitative estimate of drug-likeness (QED) is 0.728. The molecule has 0 bridgehead atoms. The monoisotopic (exact) mass is 227 g/mol. The first-order chi connectivity index (χ1) is 7.16. The molecule has 0 saturated carbocycles. The molecule has 1 saturated heterocycles. The summed E-state index contributed by atoms with van der Waals surface area (Å²) in [6, 6.07) is 1.34. The first-order valence-corrected chi connectivity index (χ1v) is 5.29. The fourth-order valence-electron chi connectivity index (χ4n) is 1.72. The molecule has 0 aliphatic carbocycles. The van der Waals surface area contributed by atoms with Gasteiger partial charge in [-0.2, -0.15) is 0 Å². The van der Waals surface area contributed by atoms with Gasteiger partial charge in [0.2, 0.25) is 0 Å². The van der Waals surface area contributed by atoms with E-state index in [9.17, 15) is 4.79 Å². The summed E-state index contributed by atoms with van der Waals surface area (Å²) in [7, 11) is 0. The molecule has 1 aromatic heterocycles. The number of aromatic amines is 1. The molecule has 1 aliphatic heterocycles. The molecule has 15 heavy (non-hydrogen) atoms. The van der Waals surface area contributed by atoms with Crippen molar-refractivity contribution in [1.29, 1.82) is 0 Å². The van der Waals surface area contributed by atoms with Crippen LogP contribution in [0.4, 0.5) is 5.82 Å². The molecule has 1 atom stereocenters. The number of nitrogens with one attached hydrogen (secondary N) is 1. The SMILES string of the molecule is Nc1cc(=O)[nH]c(=S)n1CC1CCCO1. The minimum Gasteiger partial charge on any atom is -0.385 e. The number of nitrogens with two attached hydrogens (primary N) is 1. The van der Waals surface area contributed by atoms with Gasteiger partial charge in [0.1, 0.15) is 5.82 Å². The molecule has 0 aromatic carbocycles. The first kappa shape index (κ1) is 10.4. The summed E-state index contributed by atoms with van der Waals surface area (Å²) < 4.78 is 7.54. The van der Waals surface area contributed by atoms with E-state index in [4.69, 9.17) is 22.7 Å². The van der Waals surface area contributed by atoms with Crippen molar-refractivity contribution in [1.82, 2.24) is 9.55 Å². The number of hydrogen-bond donors (Lipinski definition) is 2. The van der Waals surface area contributed by atoms with E-state index in [0.29, 0.717) is 17.1 Å². The fraction of sp³-hybridized carbons (Fsp3) is 0.556. The van der Waals surface area contributed by atoms with Gasteiger partial charge in [-0.15, -0.1) is 0 Å². The van der Waals surface area contributed by atoms with Crippen LogP contribution in [-0.2, 0) is 11.3 Å². The standard InChI is InChI=1S/C9H13N3O2S/c10-7-4-8(13)11-9(15)12(7)5-6-2-1-3-14-6/h4,6H,1-3,5,10H2,(H,11,13,15). The van der Waals surface area contributed by atoms with Crippen molar-refractivity contribution in [2.45, 2.75) is 25.5 Å². The van der Waals surface area contributed by atoms with Crippen LogP contribution < -0.4 is 11.3 Å². The van der Waals surface area contributed by atoms with Crippen molar-refractivity contribution in [3.63, 3.8) is 0 Å². The average Bonchev–Trinajstić information content (AvgIpc) is 2.63. The fourth-order valence-corrected chi connectivity index (χ4v) is 2.00. The van der Waals surface area contributed by atoms with E-state index < -0.39 is 0 Å². The topological polar surface area (TPSA) is 73.0 Å². The van der Waals surface area contributed by atoms with Crippen molar-refractivity contribution in [2.24, 2.45) is 0 Å². The Bertz CT molecular complexity index is 459. The molecule has 3 N–H and O–H groups in total. The van der Waals surface area contributed by atoms with Crippen LogP contribution in [0.15, 0.2) is 10.9 Å². The Kier molecular flexibility index (Phi) is 2.88. The van der Waals surface area contributed by atoms with E-state index >= 15 is 0 Å². The molecule has 0 radical (unpaired) electrons. The molecule has 1 aromatic rings. The summed E-state index contributed by atoms with van der Waals surface area (Å²) in [5.41, 5.74) is 5.46. The smallest absolute Gasteiger partial charge is 0.253 e. The summed E-state index contributed by atoms with van der Waals surface area (Å²) in [6.07, 6.45) is 2.24. The second-order valence-electron chi connectivity index (χ2n) is 3.61. The van der Waals surface area contributed by atoms with Gasteiger partial charge in [0, 0.05) is 12.7 Å². The van der Waals surface area contributed by atoms with Crippen LogP contribution in [-0.4, -0.2) is 22.3 Å². The number of aromatic nitrogens is 2. The number of ether oxygens (including phenoxy) is 1. The van der Waals surface area contributed by atoms with Crippen LogP contribution in [0.1, 0.15) is 12.8 Å². The van der Waals surface area contributed by atoms with Crippen LogP contribution >= 0.6 is 12.2 Å². The van der Waals surface area contributed by atoms with Crippen LogP contribution in [0.25, 0.3) is 0 Å². The van der Waals surface area contributed by atoms with E-state index in [1.54, 1.807) is 4.57 Å². The second kappa shape index (κ2) is 4.16. The van der Waals surface area contributed by atoms with Gasteiger partial charge < -0.3 is 15.0 Å². The zero-order valence-corrected chi connectivity index (χ0v) is 9.05. The highest BCUT2D eigenvalue weighted by Crippen LogP contribution is 2.15. The number of hydrogen-bond acceptors (Lipinski definition) is 4. The van der Waals surface area contributed by atoms with Gasteiger partial charge in [0.05, 0.1) is 12.6 Å². The largest absolute Gasteiger partial charge is 0.385 e. The Labute approximate surface area is 91.9 Å². The predicted molar refractivity (Wildman–Crippen MR) is 59.3 cm³/mol. The van der Waals surface area contributed by atoms with Gasteiger partial charge in [0.15, 0.2) is 4.77 Å². The van der Waals surface area contributed by atoms with E-state index in [1.807, 2.05) is 0 Å². The van der Waals surface area contributed by atoms with Crippen LogP contribution in [0.5, 0.6) is 0 Å². The molecule has 6 heteroatoms. The van der Waals surface area contributed by atoms with Gasteiger partial charge in [-0.3, -0.25) is 9.78 Å². The molecular formula is C9H13N3O2S. The van der Waals surface area contributed by atoms with Gasteiger partial charge >= 0.3 is 0 Å². The Balaban J connectivity index is 2.27. The Morgan fingerprint density at radius 2 is 2.53 bits per heavy atom. The molecule has 2 rings (SSSR count). The molecule has 5 nitrogen and oxygen atoms in total. The van der Waals surface area contributed by atoms with Crippen LogP contribution in [0.2, 0.25) is 0 Å². The number of H-pyrrole nitrogens is 1. The van der Waals surface area contributed by atoms with Crippen molar-refractivity contribution < 1.29 is 4.74 Å². The lowest BCUT2D eigenvalue weighted by molar-refractivity contribution is 0.0968. The maximum Gasteiger partial charge on any atom is 0.253 e. The number of nitrogens with zero attached hydrogens (tertiary/aromatic N) is 1. The second-order valence-corrected chi connectivity index (χ2v) is 4.00. The molecule has 82 valence electrons. The van der Waals surface area contributed by atoms with Crippen molar-refractivity contribution in [2.75, 3.05) is 12.3 Å². The van der Waals surface area contributed by atoms with Crippen molar-refractivity contribution in [3.8, 4) is 0 Å². The number of rotatable bonds is 2. The summed E-state index contributed by atoms with van der Waals surface area (Å²) in [6.45, 7) is 1.41. The first-order valence-electron chi connectivity index (χ1n) is 4.88. The normalized spacial score (nSPS) is 20.7. The lowest BCUT2D eigenvalue weighted by Crippen LogP contribution is -2.22. The summed E-state index contributed by atoms with van der Waals surface area (Å²) >= 11 is 5.03. The van der Waals surface area contributed by atoms with E-state index in [-0.39, 0.29) is 11.7 Å². The minimum absolute atomic E-state index is 0.157. The minimum atomic E-state index is -0.263. The Morgan fingerprint density at radius 3 is 3.13 bits per heavy atom. The zero-order valence-electron chi connectivity index (χ0n) is 8.23. The third kappa shape index (κ3) is 2.27. The van der Waals surface area contributed by atoms with Gasteiger partial charge in [0.25, 0.3) is 5.56 Å². The molecule has 0 amide bonds. The van der Waals surface area contributed by atoms with Gasteiger partial charge in [-0.1, -0.05) is 0 Å². The third-order valence-electron chi connectivity index (χ3n) is 2.48. The molecule has 2 heterocycles. The molecule has 1 unspecified atom stereocenters. The van der Waals surface area contributed by atoms with Gasteiger partial charge in [-0.25, -0.2) is 0 Å². The maximum absolute atomic E-state index is 11.1. The summed E-state index contributed by atoms with van der Waals surface area (Å²) in [5.74, 6) is 0.388. The molecule has 1 fully saturated rings. The highest BCUT2D eigenvalue weighted by Gasteiger charge is 2.16. The average molecular weight is 227 g/mol. The lowest BCUT2D eigenvalue weighted by atomic mass is 10.2. The van der Waals surface area contributed by atoms with E-state index in [2.05, 4.69) is 4.98 Å². The number of nitrogen functional groups attached to an aromatic ring is 1. The predicted octanol–water partition coefficient (Wildman–Crippen LogP) is 0.667. The molecule has 1 aliphatic rings. The lowest BCUT2D eigenvalue weighted by Gasteiger charge is -2.14. The number of anilines is 1. The van der Waals surface area contributed by atoms with Crippen LogP contribution in [0.3, 0.4) is 0 Å². The highest BCUT2D eigenvalue weighted by molar-refractivity contribution is 7.71. The van der Waals surface area contributed by atoms with Crippen molar-refractivity contribution >= 4 is 18.0 Å². The van der Waals surface area contributed by atoms with Gasteiger partial charge in [-0.05, 0) is 25.1 Å². The van der Waals surface area contributed by atoms with Crippen molar-refractivity contribution in [3.05, 3.63) is 21.2 Å². The Morgan fingerprint density at radius 1 is 1.73 bits per heavy atom. The third-order valence-corrected chi connectivity index (χ3v) is 2.80. The maximum atomic E-state index is 11.1. The Hall–Kier alpha value is -1.14. The summed E-state index contributed by atoms with van der Waals surface area (Å²) in [4.78, 5) is 13.6. The zero-order chi connectivity index (χ0) is 10.8. The molecule has 0 spiro atoms. The van der Waals surface area contributed by atoms with E-state index in [0.717, 1.165) is 19.4 Å².